The molecule has 19 heavy (non-hydrogen) atoms. The molecule has 0 spiro atoms. The third-order valence-corrected chi connectivity index (χ3v) is 3.95. The van der Waals surface area contributed by atoms with Gasteiger partial charge >= 0.3 is 5.69 Å². The van der Waals surface area contributed by atoms with E-state index < -0.39 is 11.0 Å². The van der Waals surface area contributed by atoms with Crippen LogP contribution in [0.2, 0.25) is 0 Å². The largest absolute Gasteiger partial charge is 0.388 e. The summed E-state index contributed by atoms with van der Waals surface area (Å²) in [4.78, 5) is 13.0. The summed E-state index contributed by atoms with van der Waals surface area (Å²) in [5.74, 6) is 0. The van der Waals surface area contributed by atoms with Gasteiger partial charge in [0, 0.05) is 24.5 Å². The number of anilines is 1. The number of aliphatic hydroxyl groups is 1. The molecule has 1 atom stereocenters. The van der Waals surface area contributed by atoms with E-state index in [2.05, 4.69) is 0 Å². The topological polar surface area (TPSA) is 75.8 Å². The highest BCUT2D eigenvalue weighted by atomic mass is 32.1. The summed E-state index contributed by atoms with van der Waals surface area (Å²) in [6.07, 6.45) is -0.558. The van der Waals surface area contributed by atoms with Crippen LogP contribution in [-0.2, 0) is 4.74 Å². The van der Waals surface area contributed by atoms with Crippen molar-refractivity contribution in [1.29, 1.82) is 0 Å². The first-order chi connectivity index (χ1) is 8.82. The van der Waals surface area contributed by atoms with Crippen molar-refractivity contribution in [2.75, 3.05) is 25.1 Å². The Morgan fingerprint density at radius 3 is 2.63 bits per heavy atom. The number of nitrogens with zero attached hydrogens (tertiary/aromatic N) is 2. The van der Waals surface area contributed by atoms with E-state index in [-0.39, 0.29) is 11.8 Å². The maximum atomic E-state index is 11.0. The van der Waals surface area contributed by atoms with Crippen molar-refractivity contribution in [2.45, 2.75) is 33.0 Å². The van der Waals surface area contributed by atoms with Gasteiger partial charge in [-0.1, -0.05) is 0 Å². The van der Waals surface area contributed by atoms with Crippen LogP contribution in [0.25, 0.3) is 0 Å². The highest BCUT2D eigenvalue weighted by Gasteiger charge is 2.23. The van der Waals surface area contributed by atoms with Gasteiger partial charge in [-0.05, 0) is 20.8 Å². The molecule has 0 fully saturated rings. The molecular formula is C12H20N2O4S. The summed E-state index contributed by atoms with van der Waals surface area (Å²) in [6, 6.07) is 1.43. The number of likely N-dealkylation sites (N-methyl/N-ethyl adjacent to an activating group) is 1. The molecule has 0 saturated carbocycles. The van der Waals surface area contributed by atoms with Crippen LogP contribution in [0.15, 0.2) is 6.07 Å². The van der Waals surface area contributed by atoms with Gasteiger partial charge in [0.2, 0.25) is 0 Å². The van der Waals surface area contributed by atoms with Crippen molar-refractivity contribution in [3.05, 3.63) is 21.1 Å². The summed E-state index contributed by atoms with van der Waals surface area (Å²) < 4.78 is 5.43. The summed E-state index contributed by atoms with van der Waals surface area (Å²) in [5, 5.41) is 21.1. The van der Waals surface area contributed by atoms with E-state index in [0.29, 0.717) is 23.0 Å². The lowest BCUT2D eigenvalue weighted by Crippen LogP contribution is -2.23. The van der Waals surface area contributed by atoms with E-state index >= 15 is 0 Å². The molecule has 108 valence electrons. The number of hydrogen-bond donors (Lipinski definition) is 1. The van der Waals surface area contributed by atoms with Gasteiger partial charge in [0.05, 0.1) is 23.7 Å². The molecule has 0 aliphatic heterocycles. The highest BCUT2D eigenvalue weighted by Crippen LogP contribution is 2.39. The average Bonchev–Trinajstić information content (AvgIpc) is 2.73. The van der Waals surface area contributed by atoms with Crippen molar-refractivity contribution in [3.63, 3.8) is 0 Å². The van der Waals surface area contributed by atoms with Crippen LogP contribution < -0.4 is 4.90 Å². The fourth-order valence-corrected chi connectivity index (χ4v) is 2.58. The predicted octanol–water partition coefficient (Wildman–Crippen LogP) is 2.57. The minimum Gasteiger partial charge on any atom is -0.388 e. The van der Waals surface area contributed by atoms with Gasteiger partial charge in [-0.15, -0.1) is 11.3 Å². The van der Waals surface area contributed by atoms with Crippen LogP contribution in [0, 0.1) is 10.1 Å². The number of nitro groups is 1. The van der Waals surface area contributed by atoms with Crippen LogP contribution in [0.4, 0.5) is 10.7 Å². The Bertz CT molecular complexity index is 431. The molecule has 1 aromatic heterocycles. The average molecular weight is 288 g/mol. The third-order valence-electron chi connectivity index (χ3n) is 2.55. The first-order valence-electron chi connectivity index (χ1n) is 6.11. The van der Waals surface area contributed by atoms with Crippen molar-refractivity contribution < 1.29 is 14.8 Å². The summed E-state index contributed by atoms with van der Waals surface area (Å²) in [5.41, 5.74) is 0.0351. The Kier molecular flexibility index (Phi) is 5.71. The molecule has 1 heterocycles. The summed E-state index contributed by atoms with van der Waals surface area (Å²) >= 11 is 1.24. The molecule has 0 aliphatic carbocycles. The normalized spacial score (nSPS) is 12.7. The molecule has 1 N–H and O–H groups in total. The van der Waals surface area contributed by atoms with Crippen LogP contribution >= 0.6 is 11.3 Å². The second-order valence-electron chi connectivity index (χ2n) is 4.61. The molecule has 0 amide bonds. The quantitative estimate of drug-likeness (QED) is 0.616. The lowest BCUT2D eigenvalue weighted by molar-refractivity contribution is -0.383. The molecule has 7 heteroatoms. The molecule has 0 bridgehead atoms. The van der Waals surface area contributed by atoms with Gasteiger partial charge in [0.1, 0.15) is 0 Å². The van der Waals surface area contributed by atoms with Crippen molar-refractivity contribution in [2.24, 2.45) is 0 Å². The molecule has 1 aromatic rings. The molecule has 0 unspecified atom stereocenters. The van der Waals surface area contributed by atoms with E-state index in [4.69, 9.17) is 4.74 Å². The molecule has 0 radical (unpaired) electrons. The molecule has 0 aromatic carbocycles. The minimum absolute atomic E-state index is 0.0351. The standard InChI is InChI=1S/C12H20N2O4S/c1-8(2)18-6-5-13(4)12-10(14(16)17)7-11(19-12)9(3)15/h7-9,15H,5-6H2,1-4H3/t9-/m1/s1. The molecule has 6 nitrogen and oxygen atoms in total. The lowest BCUT2D eigenvalue weighted by Gasteiger charge is -2.17. The van der Waals surface area contributed by atoms with Crippen molar-refractivity contribution >= 4 is 22.0 Å². The number of rotatable bonds is 7. The zero-order valence-corrected chi connectivity index (χ0v) is 12.4. The number of hydrogen-bond acceptors (Lipinski definition) is 6. The van der Waals surface area contributed by atoms with E-state index in [9.17, 15) is 15.2 Å². The first-order valence-corrected chi connectivity index (χ1v) is 6.93. The van der Waals surface area contributed by atoms with Crippen LogP contribution in [0.1, 0.15) is 31.8 Å². The van der Waals surface area contributed by atoms with E-state index in [1.54, 1.807) is 18.9 Å². The third kappa shape index (κ3) is 4.45. The highest BCUT2D eigenvalue weighted by molar-refractivity contribution is 7.16. The number of aliphatic hydroxyl groups excluding tert-OH is 1. The Balaban J connectivity index is 2.82. The van der Waals surface area contributed by atoms with Gasteiger partial charge < -0.3 is 14.7 Å². The molecule has 0 saturated heterocycles. The van der Waals surface area contributed by atoms with Crippen LogP contribution in [-0.4, -0.2) is 36.3 Å². The van der Waals surface area contributed by atoms with Crippen molar-refractivity contribution in [3.8, 4) is 0 Å². The predicted molar refractivity (Wildman–Crippen MR) is 76.0 cm³/mol. The molecular weight excluding hydrogens is 268 g/mol. The van der Waals surface area contributed by atoms with Crippen LogP contribution in [0.5, 0.6) is 0 Å². The number of ether oxygens (including phenoxy) is 1. The SMILES string of the molecule is CC(C)OCCN(C)c1sc([C@@H](C)O)cc1[N+](=O)[O-]. The van der Waals surface area contributed by atoms with Crippen LogP contribution in [0.3, 0.4) is 0 Å². The van der Waals surface area contributed by atoms with Gasteiger partial charge in [0.15, 0.2) is 5.00 Å². The van der Waals surface area contributed by atoms with Gasteiger partial charge in [-0.3, -0.25) is 10.1 Å². The Morgan fingerprint density at radius 2 is 2.16 bits per heavy atom. The minimum atomic E-state index is -0.697. The summed E-state index contributed by atoms with van der Waals surface area (Å²) in [7, 11) is 1.79. The van der Waals surface area contributed by atoms with Gasteiger partial charge in [-0.25, -0.2) is 0 Å². The van der Waals surface area contributed by atoms with E-state index in [1.807, 2.05) is 13.8 Å². The Labute approximate surface area is 116 Å². The zero-order chi connectivity index (χ0) is 14.6. The first kappa shape index (κ1) is 15.9. The maximum Gasteiger partial charge on any atom is 0.304 e. The van der Waals surface area contributed by atoms with Crippen molar-refractivity contribution in [1.82, 2.24) is 0 Å². The molecule has 1 rings (SSSR count). The van der Waals surface area contributed by atoms with E-state index in [1.165, 1.54) is 17.4 Å². The fraction of sp³-hybridized carbons (Fsp3) is 0.667. The van der Waals surface area contributed by atoms with Gasteiger partial charge in [0.25, 0.3) is 0 Å². The number of thiophene rings is 1. The van der Waals surface area contributed by atoms with Gasteiger partial charge in [-0.2, -0.15) is 0 Å². The van der Waals surface area contributed by atoms with E-state index in [0.717, 1.165) is 0 Å². The second-order valence-corrected chi connectivity index (χ2v) is 5.68. The Hall–Kier alpha value is -1.18. The smallest absolute Gasteiger partial charge is 0.304 e. The lowest BCUT2D eigenvalue weighted by atomic mass is 10.3. The maximum absolute atomic E-state index is 11.0. The molecule has 0 aliphatic rings. The monoisotopic (exact) mass is 288 g/mol. The zero-order valence-electron chi connectivity index (χ0n) is 11.6. The fourth-order valence-electron chi connectivity index (χ4n) is 1.53. The summed E-state index contributed by atoms with van der Waals surface area (Å²) in [6.45, 7) is 6.56. The Morgan fingerprint density at radius 1 is 1.53 bits per heavy atom. The second kappa shape index (κ2) is 6.83.